The highest BCUT2D eigenvalue weighted by molar-refractivity contribution is 5.82. The topological polar surface area (TPSA) is 51.2 Å². The molecule has 1 aromatic carbocycles. The Balaban J connectivity index is 1.90. The fourth-order valence-electron chi connectivity index (χ4n) is 3.10. The van der Waals surface area contributed by atoms with E-state index in [4.69, 9.17) is 0 Å². The molecular formula is C19H24N6. The molecule has 25 heavy (non-hydrogen) atoms. The van der Waals surface area contributed by atoms with E-state index in [1.807, 2.05) is 6.21 Å². The molecule has 0 bridgehead atoms. The van der Waals surface area contributed by atoms with Crippen LogP contribution in [0.4, 0.5) is 5.69 Å². The van der Waals surface area contributed by atoms with Gasteiger partial charge in [0.2, 0.25) is 0 Å². The maximum Gasteiger partial charge on any atom is 0.141 e. The second-order valence-corrected chi connectivity index (χ2v) is 5.94. The second-order valence-electron chi connectivity index (χ2n) is 5.94. The molecule has 0 saturated heterocycles. The molecule has 6 nitrogen and oxygen atoms in total. The van der Waals surface area contributed by atoms with Crippen LogP contribution in [0.5, 0.6) is 0 Å². The van der Waals surface area contributed by atoms with Crippen molar-refractivity contribution in [2.24, 2.45) is 5.10 Å². The van der Waals surface area contributed by atoms with Gasteiger partial charge in [-0.05, 0) is 58.0 Å². The van der Waals surface area contributed by atoms with Gasteiger partial charge in [-0.1, -0.05) is 0 Å². The number of hydrogen-bond donors (Lipinski definition) is 0. The van der Waals surface area contributed by atoms with Crippen LogP contribution in [-0.4, -0.2) is 38.7 Å². The summed E-state index contributed by atoms with van der Waals surface area (Å²) in [4.78, 5) is 2.34. The zero-order chi connectivity index (χ0) is 17.8. The highest BCUT2D eigenvalue weighted by Gasteiger charge is 2.10. The molecule has 130 valence electrons. The summed E-state index contributed by atoms with van der Waals surface area (Å²) in [5, 5.41) is 11.9. The van der Waals surface area contributed by atoms with Gasteiger partial charge in [-0.2, -0.15) is 5.10 Å². The highest BCUT2D eigenvalue weighted by atomic mass is 15.4. The molecule has 0 saturated carbocycles. The molecule has 0 aliphatic rings. The first kappa shape index (κ1) is 17.0. The SMILES string of the molecule is CCN(CC)c1ccc(-n2c(C)cc(C=Nn3cnnc3)c2C)cc1. The van der Waals surface area contributed by atoms with Crippen molar-refractivity contribution in [2.75, 3.05) is 18.0 Å². The van der Waals surface area contributed by atoms with E-state index in [9.17, 15) is 0 Å². The summed E-state index contributed by atoms with van der Waals surface area (Å²) in [5.41, 5.74) is 5.84. The molecule has 3 rings (SSSR count). The molecule has 0 radical (unpaired) electrons. The molecule has 0 unspecified atom stereocenters. The number of hydrogen-bond acceptors (Lipinski definition) is 4. The molecule has 0 spiro atoms. The second kappa shape index (κ2) is 7.34. The van der Waals surface area contributed by atoms with Crippen molar-refractivity contribution in [3.05, 3.63) is 59.9 Å². The maximum atomic E-state index is 4.35. The third-order valence-electron chi connectivity index (χ3n) is 4.44. The van der Waals surface area contributed by atoms with Crippen molar-refractivity contribution >= 4 is 11.9 Å². The Bertz CT molecular complexity index is 839. The first-order chi connectivity index (χ1) is 12.1. The monoisotopic (exact) mass is 336 g/mol. The van der Waals surface area contributed by atoms with E-state index in [0.717, 1.165) is 30.0 Å². The molecule has 2 aromatic heterocycles. The molecule has 0 aliphatic heterocycles. The Kier molecular flexibility index (Phi) is 4.97. The maximum absolute atomic E-state index is 4.35. The predicted octanol–water partition coefficient (Wildman–Crippen LogP) is 3.41. The average molecular weight is 336 g/mol. The minimum Gasteiger partial charge on any atom is -0.372 e. The number of benzene rings is 1. The molecule has 0 amide bonds. The van der Waals surface area contributed by atoms with Gasteiger partial charge in [-0.3, -0.25) is 0 Å². The molecule has 0 aliphatic carbocycles. The van der Waals surface area contributed by atoms with E-state index in [1.54, 1.807) is 17.3 Å². The van der Waals surface area contributed by atoms with Crippen LogP contribution in [0.1, 0.15) is 30.8 Å². The molecule has 0 N–H and O–H groups in total. The Morgan fingerprint density at radius 2 is 1.68 bits per heavy atom. The summed E-state index contributed by atoms with van der Waals surface area (Å²) in [5.74, 6) is 0. The van der Waals surface area contributed by atoms with Crippen LogP contribution in [0.25, 0.3) is 5.69 Å². The van der Waals surface area contributed by atoms with Gasteiger partial charge >= 0.3 is 0 Å². The molecular weight excluding hydrogens is 312 g/mol. The Morgan fingerprint density at radius 1 is 1.04 bits per heavy atom. The van der Waals surface area contributed by atoms with Crippen LogP contribution < -0.4 is 4.90 Å². The molecule has 3 aromatic rings. The molecule has 0 fully saturated rings. The lowest BCUT2D eigenvalue weighted by atomic mass is 10.2. The first-order valence-corrected chi connectivity index (χ1v) is 8.57. The van der Waals surface area contributed by atoms with Crippen molar-refractivity contribution in [2.45, 2.75) is 27.7 Å². The van der Waals surface area contributed by atoms with Gasteiger partial charge in [0.1, 0.15) is 12.7 Å². The summed E-state index contributed by atoms with van der Waals surface area (Å²) in [6.07, 6.45) is 4.98. The number of anilines is 1. The third-order valence-corrected chi connectivity index (χ3v) is 4.44. The lowest BCUT2D eigenvalue weighted by Gasteiger charge is -2.21. The van der Waals surface area contributed by atoms with E-state index < -0.39 is 0 Å². The minimum atomic E-state index is 1.02. The normalized spacial score (nSPS) is 11.4. The van der Waals surface area contributed by atoms with Gasteiger partial charge in [0.15, 0.2) is 0 Å². The smallest absolute Gasteiger partial charge is 0.141 e. The van der Waals surface area contributed by atoms with Gasteiger partial charge in [-0.15, -0.1) is 10.2 Å². The predicted molar refractivity (Wildman–Crippen MR) is 102 cm³/mol. The zero-order valence-electron chi connectivity index (χ0n) is 15.2. The number of aromatic nitrogens is 4. The van der Waals surface area contributed by atoms with Gasteiger partial charge in [0.05, 0.1) is 6.21 Å². The minimum absolute atomic E-state index is 1.02. The summed E-state index contributed by atoms with van der Waals surface area (Å²) in [6, 6.07) is 10.9. The van der Waals surface area contributed by atoms with E-state index in [-0.39, 0.29) is 0 Å². The molecule has 6 heteroatoms. The quantitative estimate of drug-likeness (QED) is 0.648. The van der Waals surface area contributed by atoms with Gasteiger partial charge < -0.3 is 9.47 Å². The van der Waals surface area contributed by atoms with Crippen LogP contribution in [0.3, 0.4) is 0 Å². The molecule has 2 heterocycles. The Labute approximate surface area is 148 Å². The van der Waals surface area contributed by atoms with Crippen LogP contribution >= 0.6 is 0 Å². The summed E-state index contributed by atoms with van der Waals surface area (Å²) >= 11 is 0. The summed E-state index contributed by atoms with van der Waals surface area (Å²) in [6.45, 7) is 10.6. The van der Waals surface area contributed by atoms with E-state index >= 15 is 0 Å². The van der Waals surface area contributed by atoms with Crippen molar-refractivity contribution in [1.29, 1.82) is 0 Å². The van der Waals surface area contributed by atoms with Crippen LogP contribution in [0.2, 0.25) is 0 Å². The standard InChI is InChI=1S/C19H24N6/c1-5-23(6-2)18-7-9-19(10-8-18)25-15(3)11-17(16(25)4)12-22-24-13-20-21-14-24/h7-14H,5-6H2,1-4H3. The van der Waals surface area contributed by atoms with Crippen molar-refractivity contribution in [3.63, 3.8) is 0 Å². The largest absolute Gasteiger partial charge is 0.372 e. The van der Waals surface area contributed by atoms with Crippen molar-refractivity contribution in [1.82, 2.24) is 19.4 Å². The molecule has 0 atom stereocenters. The fraction of sp³-hybridized carbons (Fsp3) is 0.316. The lowest BCUT2D eigenvalue weighted by Crippen LogP contribution is -2.21. The lowest BCUT2D eigenvalue weighted by molar-refractivity contribution is 0.865. The van der Waals surface area contributed by atoms with E-state index in [1.165, 1.54) is 11.4 Å². The van der Waals surface area contributed by atoms with E-state index in [2.05, 4.69) is 82.8 Å². The zero-order valence-corrected chi connectivity index (χ0v) is 15.2. The van der Waals surface area contributed by atoms with Crippen molar-refractivity contribution in [3.8, 4) is 5.69 Å². The fourth-order valence-corrected chi connectivity index (χ4v) is 3.10. The van der Waals surface area contributed by atoms with Gasteiger partial charge in [-0.25, -0.2) is 4.68 Å². The van der Waals surface area contributed by atoms with Crippen LogP contribution in [-0.2, 0) is 0 Å². The summed E-state index contributed by atoms with van der Waals surface area (Å²) < 4.78 is 3.84. The third kappa shape index (κ3) is 3.47. The van der Waals surface area contributed by atoms with Gasteiger partial charge in [0.25, 0.3) is 0 Å². The first-order valence-electron chi connectivity index (χ1n) is 8.57. The average Bonchev–Trinajstić information content (AvgIpc) is 3.23. The number of aryl methyl sites for hydroxylation is 1. The van der Waals surface area contributed by atoms with Crippen LogP contribution in [0, 0.1) is 13.8 Å². The highest BCUT2D eigenvalue weighted by Crippen LogP contribution is 2.22. The van der Waals surface area contributed by atoms with Crippen molar-refractivity contribution < 1.29 is 0 Å². The van der Waals surface area contributed by atoms with E-state index in [0.29, 0.717) is 0 Å². The summed E-state index contributed by atoms with van der Waals surface area (Å²) in [7, 11) is 0. The Hall–Kier alpha value is -2.89. The Morgan fingerprint density at radius 3 is 2.28 bits per heavy atom. The number of rotatable bonds is 6. The van der Waals surface area contributed by atoms with Crippen LogP contribution in [0.15, 0.2) is 48.1 Å². The number of nitrogens with zero attached hydrogens (tertiary/aromatic N) is 6. The van der Waals surface area contributed by atoms with Gasteiger partial charge in [0, 0.05) is 41.4 Å².